The zero-order valence-corrected chi connectivity index (χ0v) is 10.6. The van der Waals surface area contributed by atoms with Crippen LogP contribution in [0.2, 0.25) is 0 Å². The Morgan fingerprint density at radius 1 is 1.56 bits per heavy atom. The average Bonchev–Trinajstić information content (AvgIpc) is 2.77. The molecule has 1 aliphatic heterocycles. The van der Waals surface area contributed by atoms with Gasteiger partial charge in [0.15, 0.2) is 10.8 Å². The molecule has 18 heavy (non-hydrogen) atoms. The van der Waals surface area contributed by atoms with E-state index in [-0.39, 0.29) is 10.7 Å². The van der Waals surface area contributed by atoms with Crippen molar-refractivity contribution in [3.05, 3.63) is 16.1 Å². The molecule has 2 heterocycles. The minimum atomic E-state index is -4.48. The van der Waals surface area contributed by atoms with Gasteiger partial charge >= 0.3 is 6.18 Å². The molecule has 1 aromatic heterocycles. The number of hydrogen-bond donors (Lipinski definition) is 1. The van der Waals surface area contributed by atoms with Crippen molar-refractivity contribution in [3.8, 4) is 0 Å². The number of carbonyl (C=O) groups is 1. The molecular formula is C11H13F3N2OS. The summed E-state index contributed by atoms with van der Waals surface area (Å²) in [6, 6.07) is 0. The lowest BCUT2D eigenvalue weighted by atomic mass is 9.78. The van der Waals surface area contributed by atoms with Gasteiger partial charge < -0.3 is 5.32 Å². The molecular weight excluding hydrogens is 265 g/mol. The fourth-order valence-corrected chi connectivity index (χ4v) is 2.93. The highest BCUT2D eigenvalue weighted by Gasteiger charge is 2.39. The highest BCUT2D eigenvalue weighted by molar-refractivity contribution is 7.13. The Balaban J connectivity index is 2.21. The van der Waals surface area contributed by atoms with Crippen LogP contribution in [0.4, 0.5) is 13.2 Å². The van der Waals surface area contributed by atoms with E-state index in [4.69, 9.17) is 0 Å². The number of ketones is 1. The topological polar surface area (TPSA) is 42.0 Å². The van der Waals surface area contributed by atoms with Crippen molar-refractivity contribution in [1.29, 1.82) is 0 Å². The van der Waals surface area contributed by atoms with Crippen molar-refractivity contribution in [1.82, 2.24) is 10.3 Å². The molecule has 1 N–H and O–H groups in total. The van der Waals surface area contributed by atoms with Gasteiger partial charge in [0.2, 0.25) is 0 Å². The maximum absolute atomic E-state index is 12.4. The minimum Gasteiger partial charge on any atom is -0.316 e. The third-order valence-electron chi connectivity index (χ3n) is 3.12. The lowest BCUT2D eigenvalue weighted by molar-refractivity contribution is -0.137. The maximum Gasteiger partial charge on any atom is 0.443 e. The number of Topliss-reactive ketones (excluding diaryl/α,β-unsaturated/α-hetero) is 1. The van der Waals surface area contributed by atoms with Crippen molar-refractivity contribution in [3.63, 3.8) is 0 Å². The number of rotatable bonds is 2. The standard InChI is InChI=1S/C11H13F3N2OS/c1-10(3-2-4-15-6-10)8(17)7-5-16-9(18-7)11(12,13)14/h5,15H,2-4,6H2,1H3. The second kappa shape index (κ2) is 4.62. The fraction of sp³-hybridized carbons (Fsp3) is 0.636. The predicted octanol–water partition coefficient (Wildman–Crippen LogP) is 2.73. The van der Waals surface area contributed by atoms with Crippen LogP contribution in [0.1, 0.15) is 34.4 Å². The summed E-state index contributed by atoms with van der Waals surface area (Å²) in [6.07, 6.45) is -1.89. The molecule has 0 saturated carbocycles. The Labute approximate surface area is 106 Å². The van der Waals surface area contributed by atoms with Crippen molar-refractivity contribution < 1.29 is 18.0 Å². The molecule has 3 nitrogen and oxygen atoms in total. The van der Waals surface area contributed by atoms with Crippen LogP contribution in [-0.4, -0.2) is 23.9 Å². The zero-order valence-electron chi connectivity index (χ0n) is 9.80. The third kappa shape index (κ3) is 2.56. The number of aromatic nitrogens is 1. The molecule has 0 radical (unpaired) electrons. The van der Waals surface area contributed by atoms with E-state index in [1.54, 1.807) is 6.92 Å². The second-order valence-corrected chi connectivity index (χ2v) is 5.73. The number of halogens is 3. The summed E-state index contributed by atoms with van der Waals surface area (Å²) < 4.78 is 37.3. The smallest absolute Gasteiger partial charge is 0.316 e. The molecule has 0 spiro atoms. The van der Waals surface area contributed by atoms with Crippen LogP contribution in [-0.2, 0) is 6.18 Å². The molecule has 0 aliphatic carbocycles. The number of nitrogens with zero attached hydrogens (tertiary/aromatic N) is 1. The highest BCUT2D eigenvalue weighted by Crippen LogP contribution is 2.36. The van der Waals surface area contributed by atoms with Crippen LogP contribution in [0.5, 0.6) is 0 Å². The average molecular weight is 278 g/mol. The normalized spacial score (nSPS) is 25.1. The molecule has 1 atom stereocenters. The summed E-state index contributed by atoms with van der Waals surface area (Å²) in [7, 11) is 0. The van der Waals surface area contributed by atoms with Crippen molar-refractivity contribution >= 4 is 17.1 Å². The molecule has 1 fully saturated rings. The Hall–Kier alpha value is -0.950. The quantitative estimate of drug-likeness (QED) is 0.846. The summed E-state index contributed by atoms with van der Waals surface area (Å²) in [6.45, 7) is 3.14. The van der Waals surface area contributed by atoms with Gasteiger partial charge in [0.05, 0.1) is 4.88 Å². The van der Waals surface area contributed by atoms with E-state index in [0.717, 1.165) is 19.2 Å². The first-order valence-corrected chi connectivity index (χ1v) is 6.43. The van der Waals surface area contributed by atoms with Gasteiger partial charge in [-0.3, -0.25) is 4.79 Å². The highest BCUT2D eigenvalue weighted by atomic mass is 32.1. The van der Waals surface area contributed by atoms with E-state index in [1.165, 1.54) is 0 Å². The first kappa shape index (κ1) is 13.5. The van der Waals surface area contributed by atoms with Crippen LogP contribution in [0.25, 0.3) is 0 Å². The van der Waals surface area contributed by atoms with Crippen LogP contribution in [0, 0.1) is 5.41 Å². The number of hydrogen-bond acceptors (Lipinski definition) is 4. The maximum atomic E-state index is 12.4. The summed E-state index contributed by atoms with van der Waals surface area (Å²) in [5.74, 6) is -0.248. The van der Waals surface area contributed by atoms with Gasteiger partial charge in [-0.05, 0) is 19.4 Å². The molecule has 100 valence electrons. The molecule has 0 aromatic carbocycles. The van der Waals surface area contributed by atoms with Crippen LogP contribution >= 0.6 is 11.3 Å². The lowest BCUT2D eigenvalue weighted by Crippen LogP contribution is -2.43. The van der Waals surface area contributed by atoms with E-state index < -0.39 is 16.6 Å². The Kier molecular flexibility index (Phi) is 3.46. The predicted molar refractivity (Wildman–Crippen MR) is 61.7 cm³/mol. The lowest BCUT2D eigenvalue weighted by Gasteiger charge is -2.32. The first-order valence-electron chi connectivity index (χ1n) is 5.61. The van der Waals surface area contributed by atoms with E-state index in [1.807, 2.05) is 0 Å². The van der Waals surface area contributed by atoms with E-state index in [2.05, 4.69) is 10.3 Å². The SMILES string of the molecule is CC1(C(=O)c2cnc(C(F)(F)F)s2)CCCNC1. The molecule has 1 unspecified atom stereocenters. The van der Waals surface area contributed by atoms with E-state index in [0.29, 0.717) is 24.3 Å². The van der Waals surface area contributed by atoms with Crippen molar-refractivity contribution in [2.24, 2.45) is 5.41 Å². The van der Waals surface area contributed by atoms with Crippen molar-refractivity contribution in [2.45, 2.75) is 25.9 Å². The first-order chi connectivity index (χ1) is 8.33. The molecule has 0 bridgehead atoms. The molecule has 1 aromatic rings. The molecule has 2 rings (SSSR count). The molecule has 0 amide bonds. The summed E-state index contributed by atoms with van der Waals surface area (Å²) in [5, 5.41) is 2.14. The van der Waals surface area contributed by atoms with E-state index in [9.17, 15) is 18.0 Å². The second-order valence-electron chi connectivity index (χ2n) is 4.70. The molecule has 1 saturated heterocycles. The summed E-state index contributed by atoms with van der Waals surface area (Å²) in [5.41, 5.74) is -0.617. The summed E-state index contributed by atoms with van der Waals surface area (Å²) >= 11 is 0.427. The largest absolute Gasteiger partial charge is 0.443 e. The number of piperidine rings is 1. The Bertz CT molecular complexity index is 449. The van der Waals surface area contributed by atoms with Gasteiger partial charge in [0.25, 0.3) is 0 Å². The van der Waals surface area contributed by atoms with Crippen LogP contribution in [0.15, 0.2) is 6.20 Å². The van der Waals surface area contributed by atoms with Crippen molar-refractivity contribution in [2.75, 3.05) is 13.1 Å². The van der Waals surface area contributed by atoms with Gasteiger partial charge in [-0.1, -0.05) is 6.92 Å². The zero-order chi connectivity index (χ0) is 13.4. The third-order valence-corrected chi connectivity index (χ3v) is 4.16. The van der Waals surface area contributed by atoms with Gasteiger partial charge in [0, 0.05) is 18.2 Å². The Morgan fingerprint density at radius 2 is 2.28 bits per heavy atom. The fourth-order valence-electron chi connectivity index (χ4n) is 2.06. The van der Waals surface area contributed by atoms with Gasteiger partial charge in [0.1, 0.15) is 0 Å². The summed E-state index contributed by atoms with van der Waals surface area (Å²) in [4.78, 5) is 15.6. The van der Waals surface area contributed by atoms with Gasteiger partial charge in [-0.2, -0.15) is 13.2 Å². The van der Waals surface area contributed by atoms with E-state index >= 15 is 0 Å². The van der Waals surface area contributed by atoms with Gasteiger partial charge in [-0.25, -0.2) is 4.98 Å². The monoisotopic (exact) mass is 278 g/mol. The molecule has 1 aliphatic rings. The number of carbonyl (C=O) groups excluding carboxylic acids is 1. The number of nitrogens with one attached hydrogen (secondary N) is 1. The number of alkyl halides is 3. The Morgan fingerprint density at radius 3 is 2.78 bits per heavy atom. The number of thiazole rings is 1. The van der Waals surface area contributed by atoms with Crippen LogP contribution in [0.3, 0.4) is 0 Å². The van der Waals surface area contributed by atoms with Crippen LogP contribution < -0.4 is 5.32 Å². The molecule has 7 heteroatoms. The van der Waals surface area contributed by atoms with Gasteiger partial charge in [-0.15, -0.1) is 11.3 Å². The minimum absolute atomic E-state index is 0.0912.